The van der Waals surface area contributed by atoms with Crippen molar-refractivity contribution in [1.29, 1.82) is 0 Å². The number of thioether (sulfide) groups is 1. The molecule has 0 radical (unpaired) electrons. The zero-order valence-corrected chi connectivity index (χ0v) is 47.3. The number of carbonyl (C=O) groups is 4. The molecule has 0 aliphatic carbocycles. The highest BCUT2D eigenvalue weighted by atomic mass is 32.2. The van der Waals surface area contributed by atoms with Gasteiger partial charge in [-0.3, -0.25) is 19.8 Å². The fraction of sp³-hybridized carbons (Fsp3) is 0.217. The molecule has 2 aliphatic rings. The van der Waals surface area contributed by atoms with Crippen molar-refractivity contribution in [3.05, 3.63) is 237 Å². The summed E-state index contributed by atoms with van der Waals surface area (Å²) in [7, 11) is -2.68. The molecule has 82 heavy (non-hydrogen) atoms. The molecule has 0 bridgehead atoms. The molecule has 1 fully saturated rings. The van der Waals surface area contributed by atoms with E-state index >= 15 is 4.79 Å². The van der Waals surface area contributed by atoms with Crippen molar-refractivity contribution in [2.24, 2.45) is 5.16 Å². The van der Waals surface area contributed by atoms with Gasteiger partial charge in [-0.2, -0.15) is 0 Å². The van der Waals surface area contributed by atoms with Crippen molar-refractivity contribution in [3.63, 3.8) is 0 Å². The van der Waals surface area contributed by atoms with Gasteiger partial charge in [0, 0.05) is 27.8 Å². The van der Waals surface area contributed by atoms with Gasteiger partial charge < -0.3 is 24.4 Å². The van der Waals surface area contributed by atoms with Crippen LogP contribution in [-0.2, 0) is 56.5 Å². The highest BCUT2D eigenvalue weighted by Gasteiger charge is 2.55. The summed E-state index contributed by atoms with van der Waals surface area (Å²) < 4.78 is 47.1. The second-order valence-corrected chi connectivity index (χ2v) is 24.0. The summed E-state index contributed by atoms with van der Waals surface area (Å²) >= 11 is 2.15. The van der Waals surface area contributed by atoms with E-state index in [1.165, 1.54) is 17.2 Å². The number of thiazole rings is 1. The van der Waals surface area contributed by atoms with Gasteiger partial charge >= 0.3 is 12.1 Å². The van der Waals surface area contributed by atoms with Gasteiger partial charge in [0.25, 0.3) is 11.8 Å². The molecule has 0 saturated carbocycles. The molecule has 8 aromatic rings. The summed E-state index contributed by atoms with van der Waals surface area (Å²) in [6.45, 7) is 4.92. The SMILES string of the molecule is COc1ccc(COC(=O)C2=C(CS(=O)(=O)Cc3nnnn3C(c3ccccc3)c3ccccc3)CS[C@@H]3C(NC(=O)/C(=N\OC(c4ccccc4)(c4ccccc4)c4ccccc4)c4csc(NC(=O)OC(C)(C)C)n4)C(=O)N23)cc1. The molecular weight excluding hydrogens is 1100 g/mol. The molecule has 19 nitrogen and oxygen atoms in total. The van der Waals surface area contributed by atoms with Gasteiger partial charge in [0.2, 0.25) is 5.60 Å². The molecule has 2 aliphatic heterocycles. The molecule has 1 saturated heterocycles. The Morgan fingerprint density at radius 2 is 1.33 bits per heavy atom. The van der Waals surface area contributed by atoms with Crippen molar-refractivity contribution in [1.82, 2.24) is 35.4 Å². The zero-order valence-electron chi connectivity index (χ0n) is 44.8. The van der Waals surface area contributed by atoms with E-state index in [-0.39, 0.29) is 46.0 Å². The quantitative estimate of drug-likeness (QED) is 0.0238. The minimum Gasteiger partial charge on any atom is -0.497 e. The number of hydrogen-bond donors (Lipinski definition) is 2. The lowest BCUT2D eigenvalue weighted by atomic mass is 9.80. The standard InChI is InChI=1S/C60H55N9O10S3/c1-59(2,3)78-58(73)63-57-61-47(36-81-57)49(65-79-60(43-24-14-7-15-25-43,44-26-16-8-17-27-44)45-28-18-9-19-29-45)53(70)62-50-54(71)68-52(56(72)77-34-39-30-32-46(76-4)33-31-39)42(35-80-55(50)68)37-82(74,75)38-48-64-66-67-69(48)51(40-20-10-5-11-21-40)41-22-12-6-13-23-41/h5-33,36,50-51,55H,34-35,37-38H2,1-4H3,(H,62,70)(H,61,63,73)/b65-49-/t50?,55-/m1/s1. The normalized spacial score (nSPS) is 15.5. The van der Waals surface area contributed by atoms with Crippen molar-refractivity contribution in [3.8, 4) is 5.75 Å². The summed E-state index contributed by atoms with van der Waals surface area (Å²) in [5.41, 5.74) is 1.41. The molecule has 10 rings (SSSR count). The van der Waals surface area contributed by atoms with E-state index in [1.54, 1.807) is 45.0 Å². The van der Waals surface area contributed by atoms with E-state index in [9.17, 15) is 22.8 Å². The van der Waals surface area contributed by atoms with E-state index in [4.69, 9.17) is 19.0 Å². The lowest BCUT2D eigenvalue weighted by Gasteiger charge is -2.49. The number of nitrogens with one attached hydrogen (secondary N) is 2. The number of amides is 3. The fourth-order valence-corrected chi connectivity index (χ4v) is 13.1. The third kappa shape index (κ3) is 12.5. The van der Waals surface area contributed by atoms with E-state index in [0.29, 0.717) is 28.0 Å². The van der Waals surface area contributed by atoms with Gasteiger partial charge in [0.1, 0.15) is 52.6 Å². The lowest BCUT2D eigenvalue weighted by molar-refractivity contribution is -0.153. The molecule has 4 heterocycles. The number of fused-ring (bicyclic) bond motifs is 1. The molecule has 22 heteroatoms. The number of tetrazole rings is 1. The van der Waals surface area contributed by atoms with Crippen LogP contribution in [-0.4, -0.2) is 104 Å². The number of oxime groups is 1. The third-order valence-electron chi connectivity index (χ3n) is 13.2. The van der Waals surface area contributed by atoms with Crippen LogP contribution in [0.15, 0.2) is 198 Å². The van der Waals surface area contributed by atoms with Gasteiger partial charge in [0.05, 0.1) is 12.9 Å². The minimum atomic E-state index is -4.20. The first-order valence-corrected chi connectivity index (χ1v) is 29.6. The first-order chi connectivity index (χ1) is 39.6. The van der Waals surface area contributed by atoms with Crippen LogP contribution < -0.4 is 15.4 Å². The Hall–Kier alpha value is -8.99. The fourth-order valence-electron chi connectivity index (χ4n) is 9.52. The maximum Gasteiger partial charge on any atom is 0.413 e. The molecular formula is C60H55N9O10S3. The number of methoxy groups -OCH3 is 1. The summed E-state index contributed by atoms with van der Waals surface area (Å²) in [5, 5.41) is 23.1. The Morgan fingerprint density at radius 3 is 1.88 bits per heavy atom. The maximum atomic E-state index is 15.0. The van der Waals surface area contributed by atoms with Gasteiger partial charge in [-0.25, -0.2) is 27.7 Å². The number of nitrogens with zero attached hydrogens (tertiary/aromatic N) is 7. The number of β-lactam (4-membered cyclic amide) rings is 1. The Kier molecular flexibility index (Phi) is 16.7. The highest BCUT2D eigenvalue weighted by molar-refractivity contribution is 8.00. The van der Waals surface area contributed by atoms with Crippen molar-refractivity contribution in [2.45, 2.75) is 61.8 Å². The molecule has 2 atom stereocenters. The van der Waals surface area contributed by atoms with Crippen LogP contribution in [0.1, 0.15) is 71.7 Å². The second kappa shape index (κ2) is 24.4. The zero-order chi connectivity index (χ0) is 57.4. The van der Waals surface area contributed by atoms with Crippen LogP contribution in [0, 0.1) is 0 Å². The first kappa shape index (κ1) is 56.3. The predicted molar refractivity (Wildman–Crippen MR) is 309 cm³/mol. The molecule has 0 spiro atoms. The number of benzene rings is 6. The van der Waals surface area contributed by atoms with Crippen LogP contribution in [0.4, 0.5) is 9.93 Å². The molecule has 6 aromatic carbocycles. The number of carbonyl (C=O) groups excluding carboxylic acids is 4. The lowest BCUT2D eigenvalue weighted by Crippen LogP contribution is -2.71. The van der Waals surface area contributed by atoms with Crippen LogP contribution in [0.5, 0.6) is 5.75 Å². The number of esters is 1. The molecule has 3 amide bonds. The third-order valence-corrected chi connectivity index (χ3v) is 16.8. The van der Waals surface area contributed by atoms with Gasteiger partial charge in [-0.15, -0.1) is 28.2 Å². The summed E-state index contributed by atoms with van der Waals surface area (Å²) in [6, 6.07) is 51.8. The average Bonchev–Trinajstić information content (AvgIpc) is 3.28. The van der Waals surface area contributed by atoms with Gasteiger partial charge in [-0.1, -0.05) is 169 Å². The molecule has 2 aromatic heterocycles. The van der Waals surface area contributed by atoms with E-state index in [2.05, 4.69) is 36.3 Å². The molecule has 418 valence electrons. The number of anilines is 1. The van der Waals surface area contributed by atoms with Gasteiger partial charge in [-0.05, 0) is 65.6 Å². The van der Waals surface area contributed by atoms with Crippen LogP contribution >= 0.6 is 23.1 Å². The van der Waals surface area contributed by atoms with E-state index in [0.717, 1.165) is 39.1 Å². The number of sulfone groups is 1. The predicted octanol–water partition coefficient (Wildman–Crippen LogP) is 8.85. The van der Waals surface area contributed by atoms with E-state index in [1.807, 2.05) is 152 Å². The smallest absolute Gasteiger partial charge is 0.413 e. The van der Waals surface area contributed by atoms with Gasteiger partial charge in [0.15, 0.2) is 26.5 Å². The highest BCUT2D eigenvalue weighted by Crippen LogP contribution is 2.43. The maximum absolute atomic E-state index is 15.0. The van der Waals surface area contributed by atoms with Crippen molar-refractivity contribution >= 4 is 67.7 Å². The molecule has 1 unspecified atom stereocenters. The van der Waals surface area contributed by atoms with Crippen molar-refractivity contribution < 1.29 is 46.6 Å². The average molecular weight is 1160 g/mol. The number of ether oxygens (including phenoxy) is 3. The Bertz CT molecular complexity index is 3610. The summed E-state index contributed by atoms with van der Waals surface area (Å²) in [4.78, 5) is 69.7. The first-order valence-electron chi connectivity index (χ1n) is 25.8. The Morgan fingerprint density at radius 1 is 0.768 bits per heavy atom. The number of rotatable bonds is 20. The summed E-state index contributed by atoms with van der Waals surface area (Å²) in [6.07, 6.45) is -0.781. The summed E-state index contributed by atoms with van der Waals surface area (Å²) in [5.74, 6) is -3.29. The largest absolute Gasteiger partial charge is 0.497 e. The Balaban J connectivity index is 0.977. The van der Waals surface area contributed by atoms with E-state index < -0.39 is 73.9 Å². The Labute approximate surface area is 481 Å². The van der Waals surface area contributed by atoms with Crippen LogP contribution in [0.25, 0.3) is 0 Å². The van der Waals surface area contributed by atoms with Crippen molar-refractivity contribution in [2.75, 3.05) is 23.9 Å². The van der Waals surface area contributed by atoms with Crippen LogP contribution in [0.3, 0.4) is 0 Å². The second-order valence-electron chi connectivity index (χ2n) is 20.0. The van der Waals surface area contributed by atoms with Crippen LogP contribution in [0.2, 0.25) is 0 Å². The monoisotopic (exact) mass is 1160 g/mol. The minimum absolute atomic E-state index is 0.0170. The molecule has 2 N–H and O–H groups in total. The number of aromatic nitrogens is 5. The number of hydrogen-bond acceptors (Lipinski definition) is 17. The topological polar surface area (TPSA) is 235 Å².